The highest BCUT2D eigenvalue weighted by Gasteiger charge is 2.43. The maximum Gasteiger partial charge on any atom is 0.176 e. The quantitative estimate of drug-likeness (QED) is 0.574. The molecular formula is C18H24N4O5. The molecule has 27 heavy (non-hydrogen) atoms. The highest BCUT2D eigenvalue weighted by Crippen LogP contribution is 2.24. The monoisotopic (exact) mass is 376 g/mol. The first-order chi connectivity index (χ1) is 13.0. The lowest BCUT2D eigenvalue weighted by Crippen LogP contribution is -2.62. The largest absolute Gasteiger partial charge is 0.497 e. The van der Waals surface area contributed by atoms with Gasteiger partial charge >= 0.3 is 0 Å². The average molecular weight is 376 g/mol. The zero-order valence-electron chi connectivity index (χ0n) is 15.0. The number of methoxy groups -OCH3 is 1. The van der Waals surface area contributed by atoms with Crippen molar-refractivity contribution in [3.63, 3.8) is 0 Å². The lowest BCUT2D eigenvalue weighted by molar-refractivity contribution is -0.259. The van der Waals surface area contributed by atoms with E-state index in [1.165, 1.54) is 4.68 Å². The van der Waals surface area contributed by atoms with Gasteiger partial charge in [0, 0.05) is 5.56 Å². The molecule has 1 aliphatic rings. The van der Waals surface area contributed by atoms with Gasteiger partial charge in [0.15, 0.2) is 6.29 Å². The van der Waals surface area contributed by atoms with Gasteiger partial charge in [-0.15, -0.1) is 11.7 Å². The predicted molar refractivity (Wildman–Crippen MR) is 96.8 cm³/mol. The Morgan fingerprint density at radius 3 is 2.93 bits per heavy atom. The molecule has 4 unspecified atom stereocenters. The number of ether oxygens (including phenoxy) is 3. The normalized spacial score (nSPS) is 28.1. The summed E-state index contributed by atoms with van der Waals surface area (Å²) in [6.45, 7) is 3.97. The Morgan fingerprint density at radius 1 is 1.37 bits per heavy atom. The molecule has 1 saturated heterocycles. The molecule has 0 bridgehead atoms. The average Bonchev–Trinajstić information content (AvgIpc) is 3.16. The molecule has 1 aromatic carbocycles. The third-order valence-electron chi connectivity index (χ3n) is 4.40. The molecule has 1 aliphatic heterocycles. The zero-order valence-corrected chi connectivity index (χ0v) is 15.0. The number of aliphatic hydroxyl groups excluding tert-OH is 2. The van der Waals surface area contributed by atoms with Crippen LogP contribution in [0.4, 0.5) is 0 Å². The van der Waals surface area contributed by atoms with Crippen LogP contribution < -0.4 is 10.5 Å². The molecule has 0 amide bonds. The zero-order chi connectivity index (χ0) is 19.4. The summed E-state index contributed by atoms with van der Waals surface area (Å²) in [7, 11) is 1.60. The van der Waals surface area contributed by atoms with Crippen molar-refractivity contribution in [2.24, 2.45) is 5.73 Å². The molecule has 2 heterocycles. The first-order valence-electron chi connectivity index (χ1n) is 8.57. The first-order valence-corrected chi connectivity index (χ1v) is 8.57. The van der Waals surface area contributed by atoms with Gasteiger partial charge in [-0.1, -0.05) is 23.4 Å². The Hall–Kier alpha value is -2.30. The van der Waals surface area contributed by atoms with Gasteiger partial charge in [0.05, 0.1) is 32.5 Å². The minimum absolute atomic E-state index is 0.176. The van der Waals surface area contributed by atoms with Crippen LogP contribution in [0.25, 0.3) is 11.3 Å². The van der Waals surface area contributed by atoms with Gasteiger partial charge < -0.3 is 30.2 Å². The Kier molecular flexibility index (Phi) is 6.19. The summed E-state index contributed by atoms with van der Waals surface area (Å²) in [6, 6.07) is 6.58. The van der Waals surface area contributed by atoms with Crippen LogP contribution in [0.5, 0.6) is 5.75 Å². The maximum absolute atomic E-state index is 10.3. The molecule has 0 spiro atoms. The second-order valence-electron chi connectivity index (χ2n) is 6.28. The SMILES string of the molecule is C=CCOC1O[C@@H](Cn2cc(-c3cccc(OC)c3)nn2)C(O)C(O)C1N. The number of benzene rings is 1. The summed E-state index contributed by atoms with van der Waals surface area (Å²) in [5.41, 5.74) is 7.37. The van der Waals surface area contributed by atoms with E-state index in [1.807, 2.05) is 24.3 Å². The third kappa shape index (κ3) is 4.34. The molecule has 5 atom stereocenters. The Labute approximate surface area is 157 Å². The van der Waals surface area contributed by atoms with E-state index >= 15 is 0 Å². The minimum atomic E-state index is -1.18. The van der Waals surface area contributed by atoms with Crippen molar-refractivity contribution in [3.8, 4) is 17.0 Å². The van der Waals surface area contributed by atoms with E-state index in [2.05, 4.69) is 16.9 Å². The van der Waals surface area contributed by atoms with E-state index in [0.717, 1.165) is 5.56 Å². The van der Waals surface area contributed by atoms with E-state index in [-0.39, 0.29) is 13.2 Å². The van der Waals surface area contributed by atoms with Crippen LogP contribution in [0.3, 0.4) is 0 Å². The van der Waals surface area contributed by atoms with Crippen LogP contribution in [0.15, 0.2) is 43.1 Å². The van der Waals surface area contributed by atoms with Gasteiger partial charge in [-0.25, -0.2) is 4.68 Å². The summed E-state index contributed by atoms with van der Waals surface area (Å²) in [5.74, 6) is 0.715. The Balaban J connectivity index is 1.72. The number of rotatable bonds is 7. The van der Waals surface area contributed by atoms with Crippen LogP contribution in [0.2, 0.25) is 0 Å². The van der Waals surface area contributed by atoms with Crippen molar-refractivity contribution in [2.45, 2.75) is 37.2 Å². The number of hydrogen-bond donors (Lipinski definition) is 3. The third-order valence-corrected chi connectivity index (χ3v) is 4.40. The van der Waals surface area contributed by atoms with Crippen molar-refractivity contribution in [2.75, 3.05) is 13.7 Å². The van der Waals surface area contributed by atoms with Crippen molar-refractivity contribution >= 4 is 0 Å². The molecule has 9 nitrogen and oxygen atoms in total. The summed E-state index contributed by atoms with van der Waals surface area (Å²) < 4.78 is 17.9. The van der Waals surface area contributed by atoms with E-state index in [1.54, 1.807) is 19.4 Å². The molecular weight excluding hydrogens is 352 g/mol. The fraction of sp³-hybridized carbons (Fsp3) is 0.444. The molecule has 0 saturated carbocycles. The molecule has 1 fully saturated rings. The summed E-state index contributed by atoms with van der Waals surface area (Å²) in [4.78, 5) is 0. The van der Waals surface area contributed by atoms with Crippen molar-refractivity contribution in [1.82, 2.24) is 15.0 Å². The van der Waals surface area contributed by atoms with Gasteiger partial charge in [0.25, 0.3) is 0 Å². The molecule has 0 radical (unpaired) electrons. The van der Waals surface area contributed by atoms with Crippen molar-refractivity contribution in [3.05, 3.63) is 43.1 Å². The fourth-order valence-electron chi connectivity index (χ4n) is 2.90. The van der Waals surface area contributed by atoms with Gasteiger partial charge in [-0.05, 0) is 12.1 Å². The van der Waals surface area contributed by atoms with E-state index in [0.29, 0.717) is 11.4 Å². The first kappa shape index (κ1) is 19.5. The smallest absolute Gasteiger partial charge is 0.176 e. The minimum Gasteiger partial charge on any atom is -0.497 e. The van der Waals surface area contributed by atoms with Crippen LogP contribution >= 0.6 is 0 Å². The lowest BCUT2D eigenvalue weighted by Gasteiger charge is -2.40. The summed E-state index contributed by atoms with van der Waals surface area (Å²) in [6.07, 6.45) is -0.679. The lowest BCUT2D eigenvalue weighted by atomic mass is 9.97. The Morgan fingerprint density at radius 2 is 2.19 bits per heavy atom. The standard InChI is InChI=1S/C18H24N4O5/c1-3-7-26-18-15(19)17(24)16(23)14(27-18)10-22-9-13(20-21-22)11-5-4-6-12(8-11)25-2/h3-6,8-9,14-18,23-24H,1,7,10,19H2,2H3/t14-,15?,16?,17?,18?/m0/s1. The number of nitrogens with zero attached hydrogens (tertiary/aromatic N) is 3. The Bertz CT molecular complexity index is 768. The molecule has 0 aliphatic carbocycles. The van der Waals surface area contributed by atoms with Crippen LogP contribution in [-0.2, 0) is 16.0 Å². The molecule has 4 N–H and O–H groups in total. The molecule has 1 aromatic heterocycles. The number of aliphatic hydroxyl groups is 2. The summed E-state index contributed by atoms with van der Waals surface area (Å²) >= 11 is 0. The van der Waals surface area contributed by atoms with Crippen LogP contribution in [0.1, 0.15) is 0 Å². The maximum atomic E-state index is 10.3. The van der Waals surface area contributed by atoms with Crippen LogP contribution in [0, 0.1) is 0 Å². The molecule has 9 heteroatoms. The predicted octanol–water partition coefficient (Wildman–Crippen LogP) is -0.0697. The van der Waals surface area contributed by atoms with Crippen molar-refractivity contribution in [1.29, 1.82) is 0 Å². The van der Waals surface area contributed by atoms with Gasteiger partial charge in [0.1, 0.15) is 29.8 Å². The van der Waals surface area contributed by atoms with E-state index in [9.17, 15) is 10.2 Å². The molecule has 2 aromatic rings. The number of aromatic nitrogens is 3. The highest BCUT2D eigenvalue weighted by molar-refractivity contribution is 5.59. The van der Waals surface area contributed by atoms with Crippen molar-refractivity contribution < 1.29 is 24.4 Å². The topological polar surface area (TPSA) is 125 Å². The van der Waals surface area contributed by atoms with E-state index < -0.39 is 30.6 Å². The van der Waals surface area contributed by atoms with Crippen LogP contribution in [-0.4, -0.2) is 69.6 Å². The molecule has 146 valence electrons. The second kappa shape index (κ2) is 8.59. The van der Waals surface area contributed by atoms with Gasteiger partial charge in [0.2, 0.25) is 0 Å². The van der Waals surface area contributed by atoms with Gasteiger partial charge in [-0.2, -0.15) is 0 Å². The summed E-state index contributed by atoms with van der Waals surface area (Å²) in [5, 5.41) is 28.7. The highest BCUT2D eigenvalue weighted by atomic mass is 16.7. The number of hydrogen-bond acceptors (Lipinski definition) is 8. The number of nitrogens with two attached hydrogens (primary N) is 1. The van der Waals surface area contributed by atoms with Gasteiger partial charge in [-0.3, -0.25) is 0 Å². The fourth-order valence-corrected chi connectivity index (χ4v) is 2.90. The molecule has 3 rings (SSSR count). The van der Waals surface area contributed by atoms with E-state index in [4.69, 9.17) is 19.9 Å². The second-order valence-corrected chi connectivity index (χ2v) is 6.28.